The second-order valence-electron chi connectivity index (χ2n) is 4.81. The summed E-state index contributed by atoms with van der Waals surface area (Å²) in [5.74, 6) is -0.268. The van der Waals surface area contributed by atoms with Gasteiger partial charge in [-0.25, -0.2) is 4.39 Å². The molecule has 2 N–H and O–H groups in total. The molecule has 2 rings (SSSR count). The van der Waals surface area contributed by atoms with Crippen molar-refractivity contribution in [3.8, 4) is 0 Å². The molecule has 1 atom stereocenters. The van der Waals surface area contributed by atoms with Gasteiger partial charge in [-0.2, -0.15) is 0 Å². The molecular weight excluding hydrogens is 229 g/mol. The maximum absolute atomic E-state index is 13.0. The molecule has 0 spiro atoms. The van der Waals surface area contributed by atoms with E-state index in [-0.39, 0.29) is 5.82 Å². The second-order valence-corrected chi connectivity index (χ2v) is 4.81. The molecule has 0 saturated carbocycles. The summed E-state index contributed by atoms with van der Waals surface area (Å²) in [6.45, 7) is 8.52. The number of likely N-dealkylation sites (N-methyl/N-ethyl adjacent to an activating group) is 1. The van der Waals surface area contributed by atoms with E-state index in [9.17, 15) is 4.39 Å². The summed E-state index contributed by atoms with van der Waals surface area (Å²) in [6.07, 6.45) is 1.15. The van der Waals surface area contributed by atoms with Crippen molar-refractivity contribution < 1.29 is 4.39 Å². The largest absolute Gasteiger partial charge is 0.397 e. The van der Waals surface area contributed by atoms with Crippen LogP contribution in [-0.4, -0.2) is 37.1 Å². The molecule has 1 heterocycles. The molecule has 1 unspecified atom stereocenters. The minimum Gasteiger partial charge on any atom is -0.397 e. The highest BCUT2D eigenvalue weighted by Crippen LogP contribution is 2.28. The SMILES string of the molecule is CCN(CC)C1CCN(c2ccc(F)cc2N)C1. The Hall–Kier alpha value is -1.29. The van der Waals surface area contributed by atoms with E-state index in [2.05, 4.69) is 23.6 Å². The quantitative estimate of drug-likeness (QED) is 0.834. The molecule has 1 aliphatic heterocycles. The molecule has 0 aliphatic carbocycles. The van der Waals surface area contributed by atoms with Crippen LogP contribution >= 0.6 is 0 Å². The molecule has 0 aromatic heterocycles. The highest BCUT2D eigenvalue weighted by molar-refractivity contribution is 5.68. The van der Waals surface area contributed by atoms with Gasteiger partial charge in [0.2, 0.25) is 0 Å². The molecule has 1 fully saturated rings. The van der Waals surface area contributed by atoms with E-state index in [0.717, 1.165) is 38.3 Å². The van der Waals surface area contributed by atoms with Crippen molar-refractivity contribution >= 4 is 11.4 Å². The lowest BCUT2D eigenvalue weighted by atomic mass is 10.2. The fourth-order valence-corrected chi connectivity index (χ4v) is 2.81. The summed E-state index contributed by atoms with van der Waals surface area (Å²) in [6, 6.07) is 5.26. The van der Waals surface area contributed by atoms with Gasteiger partial charge in [0, 0.05) is 19.1 Å². The third kappa shape index (κ3) is 2.58. The number of halogens is 1. The van der Waals surface area contributed by atoms with Crippen LogP contribution in [0.25, 0.3) is 0 Å². The Kier molecular flexibility index (Phi) is 4.07. The third-order valence-corrected chi connectivity index (χ3v) is 3.82. The molecule has 1 aromatic carbocycles. The van der Waals surface area contributed by atoms with E-state index >= 15 is 0 Å². The average Bonchev–Trinajstić information content (AvgIpc) is 2.80. The molecule has 18 heavy (non-hydrogen) atoms. The van der Waals surface area contributed by atoms with Gasteiger partial charge in [-0.3, -0.25) is 4.90 Å². The van der Waals surface area contributed by atoms with Crippen molar-refractivity contribution in [3.05, 3.63) is 24.0 Å². The smallest absolute Gasteiger partial charge is 0.125 e. The Bertz CT molecular complexity index is 404. The first-order valence-electron chi connectivity index (χ1n) is 6.69. The van der Waals surface area contributed by atoms with E-state index in [0.29, 0.717) is 11.7 Å². The Balaban J connectivity index is 2.08. The Morgan fingerprint density at radius 1 is 1.39 bits per heavy atom. The van der Waals surface area contributed by atoms with Crippen molar-refractivity contribution in [2.75, 3.05) is 36.8 Å². The Labute approximate surface area is 108 Å². The molecule has 0 amide bonds. The number of nitrogens with zero attached hydrogens (tertiary/aromatic N) is 2. The Morgan fingerprint density at radius 2 is 2.11 bits per heavy atom. The number of nitrogen functional groups attached to an aromatic ring is 1. The molecule has 0 radical (unpaired) electrons. The predicted molar refractivity (Wildman–Crippen MR) is 74.4 cm³/mol. The lowest BCUT2D eigenvalue weighted by molar-refractivity contribution is 0.232. The highest BCUT2D eigenvalue weighted by Gasteiger charge is 2.27. The minimum absolute atomic E-state index is 0.268. The molecule has 3 nitrogen and oxygen atoms in total. The summed E-state index contributed by atoms with van der Waals surface area (Å²) in [5.41, 5.74) is 7.39. The minimum atomic E-state index is -0.268. The van der Waals surface area contributed by atoms with Crippen LogP contribution < -0.4 is 10.6 Å². The van der Waals surface area contributed by atoms with Crippen LogP contribution in [0.1, 0.15) is 20.3 Å². The number of benzene rings is 1. The number of hydrogen-bond acceptors (Lipinski definition) is 3. The monoisotopic (exact) mass is 251 g/mol. The van der Waals surface area contributed by atoms with Crippen LogP contribution in [-0.2, 0) is 0 Å². The van der Waals surface area contributed by atoms with Crippen molar-refractivity contribution in [1.82, 2.24) is 4.90 Å². The van der Waals surface area contributed by atoms with Gasteiger partial charge in [0.25, 0.3) is 0 Å². The fourth-order valence-electron chi connectivity index (χ4n) is 2.81. The van der Waals surface area contributed by atoms with Gasteiger partial charge in [0.15, 0.2) is 0 Å². The van der Waals surface area contributed by atoms with Gasteiger partial charge < -0.3 is 10.6 Å². The zero-order chi connectivity index (χ0) is 13.1. The first-order chi connectivity index (χ1) is 8.65. The highest BCUT2D eigenvalue weighted by atomic mass is 19.1. The first kappa shape index (κ1) is 13.1. The number of hydrogen-bond donors (Lipinski definition) is 1. The third-order valence-electron chi connectivity index (χ3n) is 3.82. The van der Waals surface area contributed by atoms with Crippen molar-refractivity contribution in [2.45, 2.75) is 26.3 Å². The van der Waals surface area contributed by atoms with Gasteiger partial charge >= 0.3 is 0 Å². The summed E-state index contributed by atoms with van der Waals surface area (Å²) >= 11 is 0. The number of anilines is 2. The average molecular weight is 251 g/mol. The Morgan fingerprint density at radius 3 is 2.72 bits per heavy atom. The molecular formula is C14H22FN3. The summed E-state index contributed by atoms with van der Waals surface area (Å²) in [7, 11) is 0. The van der Waals surface area contributed by atoms with Crippen molar-refractivity contribution in [1.29, 1.82) is 0 Å². The van der Waals surface area contributed by atoms with Crippen LogP contribution in [0.15, 0.2) is 18.2 Å². The predicted octanol–water partition coefficient (Wildman–Crippen LogP) is 2.33. The van der Waals surface area contributed by atoms with Gasteiger partial charge in [-0.15, -0.1) is 0 Å². The first-order valence-corrected chi connectivity index (χ1v) is 6.69. The van der Waals surface area contributed by atoms with Crippen LogP contribution in [0.5, 0.6) is 0 Å². The van der Waals surface area contributed by atoms with E-state index < -0.39 is 0 Å². The van der Waals surface area contributed by atoms with Crippen LogP contribution in [0.2, 0.25) is 0 Å². The summed E-state index contributed by atoms with van der Waals surface area (Å²) in [5, 5.41) is 0. The van der Waals surface area contributed by atoms with Gasteiger partial charge in [-0.1, -0.05) is 13.8 Å². The molecule has 1 aliphatic rings. The number of rotatable bonds is 4. The second kappa shape index (κ2) is 5.57. The van der Waals surface area contributed by atoms with E-state index in [1.807, 2.05) is 0 Å². The normalized spacial score (nSPS) is 19.8. The number of nitrogens with two attached hydrogens (primary N) is 1. The maximum atomic E-state index is 13.0. The van der Waals surface area contributed by atoms with E-state index in [1.54, 1.807) is 6.07 Å². The van der Waals surface area contributed by atoms with Crippen molar-refractivity contribution in [3.63, 3.8) is 0 Å². The topological polar surface area (TPSA) is 32.5 Å². The van der Waals surface area contributed by atoms with Crippen LogP contribution in [0, 0.1) is 5.82 Å². The fraction of sp³-hybridized carbons (Fsp3) is 0.571. The van der Waals surface area contributed by atoms with E-state index in [4.69, 9.17) is 5.73 Å². The van der Waals surface area contributed by atoms with Crippen molar-refractivity contribution in [2.24, 2.45) is 0 Å². The van der Waals surface area contributed by atoms with Gasteiger partial charge in [0.05, 0.1) is 11.4 Å². The molecule has 100 valence electrons. The van der Waals surface area contributed by atoms with Crippen LogP contribution in [0.4, 0.5) is 15.8 Å². The van der Waals surface area contributed by atoms with Gasteiger partial charge in [0.1, 0.15) is 5.82 Å². The van der Waals surface area contributed by atoms with E-state index in [1.165, 1.54) is 12.1 Å². The molecule has 1 saturated heterocycles. The zero-order valence-electron chi connectivity index (χ0n) is 11.2. The molecule has 0 bridgehead atoms. The zero-order valence-corrected chi connectivity index (χ0v) is 11.2. The standard InChI is InChI=1S/C14H22FN3/c1-3-17(4-2)12-7-8-18(10-12)14-6-5-11(15)9-13(14)16/h5-6,9,12H,3-4,7-8,10,16H2,1-2H3. The lowest BCUT2D eigenvalue weighted by Crippen LogP contribution is -2.37. The maximum Gasteiger partial charge on any atom is 0.125 e. The summed E-state index contributed by atoms with van der Waals surface area (Å²) < 4.78 is 13.0. The van der Waals surface area contributed by atoms with Crippen LogP contribution in [0.3, 0.4) is 0 Å². The molecule has 4 heteroatoms. The van der Waals surface area contributed by atoms with Gasteiger partial charge in [-0.05, 0) is 37.7 Å². The lowest BCUT2D eigenvalue weighted by Gasteiger charge is -2.27. The molecule has 1 aromatic rings. The summed E-state index contributed by atoms with van der Waals surface area (Å²) in [4.78, 5) is 4.73.